The largest absolute Gasteiger partial charge is 0.377 e. The van der Waals surface area contributed by atoms with Crippen LogP contribution >= 0.6 is 0 Å². The Morgan fingerprint density at radius 3 is 2.42 bits per heavy atom. The van der Waals surface area contributed by atoms with Crippen LogP contribution in [0.2, 0.25) is 0 Å². The lowest BCUT2D eigenvalue weighted by Gasteiger charge is -2.28. The van der Waals surface area contributed by atoms with E-state index in [0.717, 1.165) is 5.56 Å². The molecule has 0 fully saturated rings. The predicted octanol–water partition coefficient (Wildman–Crippen LogP) is 2.57. The Hall–Kier alpha value is -4.51. The van der Waals surface area contributed by atoms with Crippen LogP contribution < -0.4 is 25.8 Å². The smallest absolute Gasteiger partial charge is 0.260 e. The van der Waals surface area contributed by atoms with Crippen molar-refractivity contribution < 1.29 is 28.6 Å². The third-order valence-corrected chi connectivity index (χ3v) is 9.12. The number of nitrogens with one attached hydrogen (secondary N) is 3. The van der Waals surface area contributed by atoms with Crippen molar-refractivity contribution in [2.75, 3.05) is 69.6 Å². The Bertz CT molecular complexity index is 1670. The summed E-state index contributed by atoms with van der Waals surface area (Å²) >= 11 is 0. The summed E-state index contributed by atoms with van der Waals surface area (Å²) in [5.41, 5.74) is 2.67. The maximum Gasteiger partial charge on any atom is 0.260 e. The molecule has 1 aliphatic heterocycles. The minimum Gasteiger partial charge on any atom is -0.377 e. The molecule has 4 heterocycles. The third kappa shape index (κ3) is 11.7. The zero-order valence-corrected chi connectivity index (χ0v) is 32.4. The Morgan fingerprint density at radius 2 is 1.72 bits per heavy atom. The number of nitrogens with zero attached hydrogens (tertiary/aromatic N) is 7. The van der Waals surface area contributed by atoms with Gasteiger partial charge in [0.15, 0.2) is 5.82 Å². The first-order valence-electron chi connectivity index (χ1n) is 18.2. The quantitative estimate of drug-likeness (QED) is 0.137. The number of carbonyl (C=O) groups excluding carboxylic acids is 3. The van der Waals surface area contributed by atoms with Gasteiger partial charge in [-0.15, -0.1) is 10.2 Å². The lowest BCUT2D eigenvalue weighted by Crippen LogP contribution is -2.43. The molecule has 0 saturated carbocycles. The molecule has 0 aromatic carbocycles. The molecule has 0 spiro atoms. The number of hydrogen-bond donors (Lipinski definition) is 3. The van der Waals surface area contributed by atoms with Gasteiger partial charge in [-0.3, -0.25) is 19.3 Å². The Kier molecular flexibility index (Phi) is 15.2. The van der Waals surface area contributed by atoms with E-state index in [1.54, 1.807) is 11.2 Å². The van der Waals surface area contributed by atoms with Crippen molar-refractivity contribution in [3.05, 3.63) is 47.4 Å². The number of anilines is 2. The molecule has 0 aliphatic carbocycles. The fraction of sp³-hybridized carbons (Fsp3) is 0.595. The van der Waals surface area contributed by atoms with Crippen molar-refractivity contribution >= 4 is 29.4 Å². The zero-order valence-electron chi connectivity index (χ0n) is 32.4. The fourth-order valence-corrected chi connectivity index (χ4v) is 5.24. The lowest BCUT2D eigenvalue weighted by atomic mass is 9.88. The molecular formula is C37H56N10O6. The lowest BCUT2D eigenvalue weighted by molar-refractivity contribution is -0.127. The zero-order chi connectivity index (χ0) is 38.5. The molecule has 0 unspecified atom stereocenters. The molecule has 1 atom stereocenters. The Morgan fingerprint density at radius 1 is 1.00 bits per heavy atom. The highest BCUT2D eigenvalue weighted by Crippen LogP contribution is 2.32. The average Bonchev–Trinajstić information content (AvgIpc) is 3.74. The maximum atomic E-state index is 13.8. The Balaban J connectivity index is 1.20. The van der Waals surface area contributed by atoms with Crippen LogP contribution in [0.1, 0.15) is 70.1 Å². The van der Waals surface area contributed by atoms with Crippen molar-refractivity contribution in [2.24, 2.45) is 5.41 Å². The number of carbonyl (C=O) groups is 3. The van der Waals surface area contributed by atoms with E-state index in [-0.39, 0.29) is 48.4 Å². The van der Waals surface area contributed by atoms with Gasteiger partial charge in [0.25, 0.3) is 5.91 Å². The molecule has 16 heteroatoms. The van der Waals surface area contributed by atoms with E-state index >= 15 is 0 Å². The van der Waals surface area contributed by atoms with E-state index in [0.29, 0.717) is 93.6 Å². The highest BCUT2D eigenvalue weighted by Gasteiger charge is 2.33. The van der Waals surface area contributed by atoms with Crippen LogP contribution in [0.15, 0.2) is 30.6 Å². The van der Waals surface area contributed by atoms with Crippen molar-refractivity contribution in [3.8, 4) is 11.5 Å². The van der Waals surface area contributed by atoms with Gasteiger partial charge in [0, 0.05) is 44.3 Å². The van der Waals surface area contributed by atoms with Crippen molar-refractivity contribution in [1.82, 2.24) is 40.7 Å². The van der Waals surface area contributed by atoms with E-state index in [4.69, 9.17) is 24.2 Å². The molecule has 53 heavy (non-hydrogen) atoms. The van der Waals surface area contributed by atoms with Gasteiger partial charge < -0.3 is 39.6 Å². The summed E-state index contributed by atoms with van der Waals surface area (Å²) in [6.07, 6.45) is 1.66. The summed E-state index contributed by atoms with van der Waals surface area (Å²) in [6.45, 7) is 17.7. The average molecular weight is 737 g/mol. The molecule has 0 radical (unpaired) electrons. The third-order valence-electron chi connectivity index (χ3n) is 9.12. The summed E-state index contributed by atoms with van der Waals surface area (Å²) in [4.78, 5) is 51.7. The second-order valence-corrected chi connectivity index (χ2v) is 14.3. The van der Waals surface area contributed by atoms with Crippen LogP contribution in [0.4, 0.5) is 11.6 Å². The van der Waals surface area contributed by atoms with Gasteiger partial charge in [0.1, 0.15) is 30.3 Å². The van der Waals surface area contributed by atoms with Crippen molar-refractivity contribution in [2.45, 2.75) is 80.2 Å². The summed E-state index contributed by atoms with van der Waals surface area (Å²) in [7, 11) is 1.94. The molecule has 3 aromatic heterocycles. The van der Waals surface area contributed by atoms with Crippen LogP contribution in [-0.4, -0.2) is 114 Å². The summed E-state index contributed by atoms with van der Waals surface area (Å²) in [5.74, 6) is 1.32. The van der Waals surface area contributed by atoms with Gasteiger partial charge in [-0.25, -0.2) is 9.97 Å². The minimum absolute atomic E-state index is 0.00737. The molecule has 16 nitrogen and oxygen atoms in total. The van der Waals surface area contributed by atoms with Crippen LogP contribution in [-0.2, 0) is 43.4 Å². The van der Waals surface area contributed by atoms with Crippen molar-refractivity contribution in [1.29, 1.82) is 0 Å². The predicted molar refractivity (Wildman–Crippen MR) is 201 cm³/mol. The highest BCUT2D eigenvalue weighted by molar-refractivity contribution is 6.10. The molecular weight excluding hydrogens is 680 g/mol. The number of rotatable bonds is 21. The molecule has 3 N–H and O–H groups in total. The van der Waals surface area contributed by atoms with Crippen LogP contribution in [0.3, 0.4) is 0 Å². The van der Waals surface area contributed by atoms with Gasteiger partial charge in [-0.05, 0) is 51.3 Å². The number of aryl methyl sites for hydroxylation is 1. The second-order valence-electron chi connectivity index (χ2n) is 14.3. The van der Waals surface area contributed by atoms with E-state index in [1.165, 1.54) is 0 Å². The van der Waals surface area contributed by atoms with Crippen molar-refractivity contribution in [3.63, 3.8) is 0 Å². The normalized spacial score (nSPS) is 13.4. The molecule has 4 rings (SSSR count). The minimum atomic E-state index is -0.186. The van der Waals surface area contributed by atoms with Crippen LogP contribution in [0.5, 0.6) is 0 Å². The number of ether oxygens (including phenoxy) is 3. The van der Waals surface area contributed by atoms with E-state index in [2.05, 4.69) is 60.8 Å². The molecule has 0 bridgehead atoms. The number of pyridine rings is 2. The first-order chi connectivity index (χ1) is 25.3. The van der Waals surface area contributed by atoms with Gasteiger partial charge in [0.2, 0.25) is 11.8 Å². The number of fused-ring (bicyclic) bond motifs is 1. The molecule has 0 saturated heterocycles. The first kappa shape index (κ1) is 41.2. The summed E-state index contributed by atoms with van der Waals surface area (Å²) in [6, 6.07) is 7.55. The van der Waals surface area contributed by atoms with E-state index in [9.17, 15) is 14.4 Å². The number of amides is 3. The van der Waals surface area contributed by atoms with Gasteiger partial charge in [-0.2, -0.15) is 0 Å². The highest BCUT2D eigenvalue weighted by atomic mass is 16.5. The maximum absolute atomic E-state index is 13.8. The van der Waals surface area contributed by atoms with Gasteiger partial charge in [-0.1, -0.05) is 26.8 Å². The Labute approximate surface area is 312 Å². The number of aromatic nitrogens is 5. The first-order valence-corrected chi connectivity index (χ1v) is 18.2. The second kappa shape index (κ2) is 19.5. The van der Waals surface area contributed by atoms with Gasteiger partial charge >= 0.3 is 0 Å². The SMILES string of the molecule is CCn1cnnc1-c1cccc(N2Cc3c(cc(N(C)C(C)C)nc3CNCC(=O)NCCOCCOCCOCC(=O)N[C@H](C)C(C)(C)C)C2=O)n1. The summed E-state index contributed by atoms with van der Waals surface area (Å²) < 4.78 is 18.3. The van der Waals surface area contributed by atoms with Crippen LogP contribution in [0.25, 0.3) is 11.5 Å². The van der Waals surface area contributed by atoms with Crippen LogP contribution in [0, 0.1) is 5.41 Å². The molecule has 3 aromatic rings. The monoisotopic (exact) mass is 736 g/mol. The molecule has 1 aliphatic rings. The fourth-order valence-electron chi connectivity index (χ4n) is 5.24. The molecule has 290 valence electrons. The molecule has 3 amide bonds. The number of hydrogen-bond acceptors (Lipinski definition) is 12. The van der Waals surface area contributed by atoms with E-state index < -0.39 is 0 Å². The standard InChI is InChI=1S/C37H56N10O6/c1-9-46-24-40-44-35(46)29-11-10-12-31(42-29)47-22-28-27(36(47)50)19-32(45(8)25(2)3)43-30(28)20-38-21-33(48)39-13-14-51-15-16-52-17-18-53-23-34(49)41-26(4)37(5,6)7/h10-12,19,24-26,38H,9,13-18,20-23H2,1-8H3,(H,39,48)(H,41,49)/t26-/m1/s1. The van der Waals surface area contributed by atoms with Gasteiger partial charge in [0.05, 0.1) is 57.4 Å². The van der Waals surface area contributed by atoms with E-state index in [1.807, 2.05) is 54.6 Å². The topological polar surface area (TPSA) is 178 Å². The summed E-state index contributed by atoms with van der Waals surface area (Å²) in [5, 5.41) is 17.2.